The van der Waals surface area contributed by atoms with E-state index in [1.54, 1.807) is 18.3 Å². The summed E-state index contributed by atoms with van der Waals surface area (Å²) in [5.74, 6) is 0.832. The molecule has 0 unspecified atom stereocenters. The Bertz CT molecular complexity index is 1710. The fourth-order valence-electron chi connectivity index (χ4n) is 4.11. The molecule has 0 amide bonds. The molecule has 4 aromatic heterocycles. The van der Waals surface area contributed by atoms with E-state index in [4.69, 9.17) is 13.5 Å². The molecule has 5 nitrogen and oxygen atoms in total. The molecule has 0 bridgehead atoms. The van der Waals surface area contributed by atoms with E-state index in [-0.39, 0.29) is 25.8 Å². The second-order valence-electron chi connectivity index (χ2n) is 8.44. The van der Waals surface area contributed by atoms with Gasteiger partial charge in [-0.3, -0.25) is 0 Å². The number of rotatable bonds is 2. The van der Waals surface area contributed by atoms with E-state index in [2.05, 4.69) is 16.0 Å². The van der Waals surface area contributed by atoms with Gasteiger partial charge in [-0.15, -0.1) is 35.9 Å². The molecular formula is C30H27IrN4O-. The predicted molar refractivity (Wildman–Crippen MR) is 141 cm³/mol. The van der Waals surface area contributed by atoms with Crippen LogP contribution in [-0.4, -0.2) is 19.5 Å². The summed E-state index contributed by atoms with van der Waals surface area (Å²) >= 11 is 0. The van der Waals surface area contributed by atoms with Gasteiger partial charge in [-0.25, -0.2) is 9.97 Å². The Morgan fingerprint density at radius 2 is 1.72 bits per heavy atom. The average molecular weight is 655 g/mol. The number of aryl methyl sites for hydroxylation is 3. The summed E-state index contributed by atoms with van der Waals surface area (Å²) in [4.78, 5) is 13.2. The number of hydrogen-bond donors (Lipinski definition) is 0. The van der Waals surface area contributed by atoms with Crippen molar-refractivity contribution in [3.63, 3.8) is 0 Å². The van der Waals surface area contributed by atoms with Crippen LogP contribution in [0.15, 0.2) is 77.3 Å². The van der Waals surface area contributed by atoms with E-state index in [1.165, 1.54) is 0 Å². The van der Waals surface area contributed by atoms with Crippen molar-refractivity contribution < 1.29 is 28.6 Å². The van der Waals surface area contributed by atoms with Gasteiger partial charge >= 0.3 is 0 Å². The zero-order valence-electron chi connectivity index (χ0n) is 23.5. The van der Waals surface area contributed by atoms with Gasteiger partial charge in [0.25, 0.3) is 0 Å². The minimum atomic E-state index is -2.26. The van der Waals surface area contributed by atoms with E-state index < -0.39 is 6.85 Å². The summed E-state index contributed by atoms with van der Waals surface area (Å²) in [5.41, 5.74) is 7.08. The van der Waals surface area contributed by atoms with Crippen LogP contribution < -0.4 is 0 Å². The van der Waals surface area contributed by atoms with Crippen molar-refractivity contribution in [2.24, 2.45) is 7.05 Å². The van der Waals surface area contributed by atoms with Gasteiger partial charge in [-0.05, 0) is 57.1 Å². The van der Waals surface area contributed by atoms with Gasteiger partial charge in [0.2, 0.25) is 5.71 Å². The third-order valence-corrected chi connectivity index (χ3v) is 6.21. The summed E-state index contributed by atoms with van der Waals surface area (Å²) in [7, 11) is 1.98. The van der Waals surface area contributed by atoms with Crippen LogP contribution >= 0.6 is 0 Å². The molecule has 4 heterocycles. The minimum Gasteiger partial charge on any atom is -0.437 e. The number of aromatic nitrogens is 4. The first-order valence-corrected chi connectivity index (χ1v) is 11.4. The average Bonchev–Trinajstić information content (AvgIpc) is 3.41. The van der Waals surface area contributed by atoms with Gasteiger partial charge in [0.1, 0.15) is 11.4 Å². The van der Waals surface area contributed by atoms with Crippen LogP contribution in [0.5, 0.6) is 0 Å². The monoisotopic (exact) mass is 655 g/mol. The molecule has 6 heteroatoms. The molecular weight excluding hydrogens is 625 g/mol. The smallest absolute Gasteiger partial charge is 0.227 e. The van der Waals surface area contributed by atoms with Gasteiger partial charge in [0.05, 0.1) is 11.3 Å². The van der Waals surface area contributed by atoms with Crippen molar-refractivity contribution in [3.05, 3.63) is 102 Å². The zero-order chi connectivity index (χ0) is 27.0. The van der Waals surface area contributed by atoms with Crippen molar-refractivity contribution in [2.75, 3.05) is 0 Å². The molecule has 0 atom stereocenters. The van der Waals surface area contributed by atoms with Crippen LogP contribution in [0, 0.1) is 33.7 Å². The van der Waals surface area contributed by atoms with Gasteiger partial charge in [-0.2, -0.15) is 0 Å². The van der Waals surface area contributed by atoms with Crippen LogP contribution in [0.3, 0.4) is 0 Å². The number of imidazole rings is 1. The second-order valence-corrected chi connectivity index (χ2v) is 8.44. The minimum absolute atomic E-state index is 0. The summed E-state index contributed by atoms with van der Waals surface area (Å²) in [6.45, 7) is 3.77. The van der Waals surface area contributed by atoms with Crippen LogP contribution in [0.25, 0.3) is 44.7 Å². The van der Waals surface area contributed by atoms with Crippen LogP contribution in [0.2, 0.25) is 0 Å². The van der Waals surface area contributed by atoms with Crippen molar-refractivity contribution >= 4 is 22.1 Å². The number of hydrogen-bond acceptors (Lipinski definition) is 4. The normalized spacial score (nSPS) is 12.3. The Morgan fingerprint density at radius 3 is 2.39 bits per heavy atom. The summed E-state index contributed by atoms with van der Waals surface area (Å²) in [5, 5.41) is 1.71. The fraction of sp³-hybridized carbons (Fsp3) is 0.167. The van der Waals surface area contributed by atoms with Gasteiger partial charge in [0.15, 0.2) is 0 Å². The molecule has 183 valence electrons. The van der Waals surface area contributed by atoms with Gasteiger partial charge in [-0.1, -0.05) is 24.3 Å². The van der Waals surface area contributed by atoms with Crippen LogP contribution in [0.1, 0.15) is 26.8 Å². The maximum atomic E-state index is 7.56. The molecule has 0 aliphatic carbocycles. The third kappa shape index (κ3) is 4.75. The van der Waals surface area contributed by atoms with Crippen LogP contribution in [0.4, 0.5) is 0 Å². The molecule has 6 rings (SSSR count). The van der Waals surface area contributed by atoms with Crippen molar-refractivity contribution in [3.8, 4) is 22.6 Å². The number of furan rings is 1. The summed E-state index contributed by atoms with van der Waals surface area (Å²) in [6.07, 6.45) is 1.79. The maximum absolute atomic E-state index is 7.56. The third-order valence-electron chi connectivity index (χ3n) is 6.21. The standard InChI is InChI=1S/C19H19N3O.C11H8N.Ir/c1-10-6-8-14-15-9-7-11(2)20-19(15)23-17(14)16(10)18-21-12(3)13(4)22(18)5;1-2-6-10(7-3-1)11-8-4-5-9-12-11;/h6-9H,1-5H3;1-6,8-9H;/q;-1;/i2D3;;. The molecule has 2 aromatic carbocycles. The first kappa shape index (κ1) is 21.7. The van der Waals surface area contributed by atoms with Gasteiger partial charge in [0, 0.05) is 59.6 Å². The number of fused-ring (bicyclic) bond motifs is 3. The molecule has 0 aliphatic rings. The fourth-order valence-corrected chi connectivity index (χ4v) is 4.11. The van der Waals surface area contributed by atoms with E-state index in [9.17, 15) is 0 Å². The van der Waals surface area contributed by atoms with Crippen molar-refractivity contribution in [1.29, 1.82) is 0 Å². The Labute approximate surface area is 228 Å². The SMILES string of the molecule is [2H]C([2H])([2H])c1ccc2c(n1)oc1c(-c3nc(C)c(C)n3C)c(C)ccc12.[Ir].[c-]1ccccc1-c1ccccn1. The van der Waals surface area contributed by atoms with Crippen molar-refractivity contribution in [2.45, 2.75) is 27.6 Å². The number of benzene rings is 2. The Hall–Kier alpha value is -3.60. The van der Waals surface area contributed by atoms with E-state index in [1.807, 2.05) is 87.0 Å². The Kier molecular flexibility index (Phi) is 6.36. The first-order valence-electron chi connectivity index (χ1n) is 12.9. The molecule has 0 aliphatic heterocycles. The van der Waals surface area contributed by atoms with E-state index >= 15 is 0 Å². The molecule has 0 spiro atoms. The zero-order valence-corrected chi connectivity index (χ0v) is 22.9. The molecule has 0 N–H and O–H groups in total. The maximum Gasteiger partial charge on any atom is 0.227 e. The Balaban J connectivity index is 0.000000228. The predicted octanol–water partition coefficient (Wildman–Crippen LogP) is 7.16. The van der Waals surface area contributed by atoms with E-state index in [0.717, 1.165) is 50.4 Å². The molecule has 1 radical (unpaired) electrons. The molecule has 0 fully saturated rings. The van der Waals surface area contributed by atoms with Crippen molar-refractivity contribution in [1.82, 2.24) is 19.5 Å². The number of nitrogens with zero attached hydrogens (tertiary/aromatic N) is 4. The molecule has 36 heavy (non-hydrogen) atoms. The Morgan fingerprint density at radius 1 is 0.917 bits per heavy atom. The molecule has 0 saturated carbocycles. The number of pyridine rings is 2. The van der Waals surface area contributed by atoms with Gasteiger partial charge < -0.3 is 14.0 Å². The van der Waals surface area contributed by atoms with Crippen LogP contribution in [-0.2, 0) is 27.2 Å². The molecule has 6 aromatic rings. The first-order chi connectivity index (χ1) is 18.1. The topological polar surface area (TPSA) is 56.7 Å². The quantitative estimate of drug-likeness (QED) is 0.186. The summed E-state index contributed by atoms with van der Waals surface area (Å²) in [6, 6.07) is 24.1. The summed E-state index contributed by atoms with van der Waals surface area (Å²) < 4.78 is 30.8. The largest absolute Gasteiger partial charge is 0.437 e. The molecule has 0 saturated heterocycles. The second kappa shape index (κ2) is 10.6. The van der Waals surface area contributed by atoms with E-state index in [0.29, 0.717) is 11.3 Å².